The molecule has 2 rings (SSSR count). The van der Waals surface area contributed by atoms with Gasteiger partial charge < -0.3 is 0 Å². The number of carbonyl (C=O) groups excluding carboxylic acids is 1. The molecule has 0 saturated heterocycles. The van der Waals surface area contributed by atoms with Crippen molar-refractivity contribution in [3.05, 3.63) is 27.8 Å². The van der Waals surface area contributed by atoms with E-state index in [9.17, 15) is 4.79 Å². The molecule has 98 valence electrons. The molecule has 0 atom stereocenters. The summed E-state index contributed by atoms with van der Waals surface area (Å²) in [7, 11) is 0. The maximum Gasteiger partial charge on any atom is 0.165 e. The van der Waals surface area contributed by atoms with E-state index in [1.807, 2.05) is 19.9 Å². The molecule has 1 heterocycles. The summed E-state index contributed by atoms with van der Waals surface area (Å²) in [5.74, 6) is 0.973. The van der Waals surface area contributed by atoms with E-state index in [-0.39, 0.29) is 5.78 Å². The van der Waals surface area contributed by atoms with E-state index in [1.54, 1.807) is 11.8 Å². The molecule has 0 unspecified atom stereocenters. The second kappa shape index (κ2) is 6.06. The Labute approximate surface area is 116 Å². The normalized spacial score (nSPS) is 14.7. The molecular weight excluding hydrogens is 272 g/mol. The van der Waals surface area contributed by atoms with E-state index in [1.165, 1.54) is 0 Å². The van der Waals surface area contributed by atoms with Crippen molar-refractivity contribution in [1.82, 2.24) is 0 Å². The van der Waals surface area contributed by atoms with Gasteiger partial charge in [-0.15, -0.1) is 11.8 Å². The summed E-state index contributed by atoms with van der Waals surface area (Å²) >= 11 is 7.87. The minimum Gasteiger partial charge on any atom is -0.294 e. The van der Waals surface area contributed by atoms with Crippen molar-refractivity contribution in [2.24, 2.45) is 0 Å². The molecule has 0 aliphatic carbocycles. The molecule has 1 aliphatic rings. The first-order valence-corrected chi connectivity index (χ1v) is 7.24. The molecule has 18 heavy (non-hydrogen) atoms. The van der Waals surface area contributed by atoms with E-state index >= 15 is 0 Å². The standard InChI is InChI=1S/C13H15ClO3S/c1-3-16-17-7-9-6-10(14)13-12(8(9)2)11(15)4-5-18-13/h6H,3-5,7H2,1-2H3. The number of benzene rings is 1. The molecule has 1 aromatic rings. The third-order valence-electron chi connectivity index (χ3n) is 2.87. The van der Waals surface area contributed by atoms with Crippen LogP contribution in [-0.2, 0) is 16.4 Å². The van der Waals surface area contributed by atoms with Gasteiger partial charge in [-0.2, -0.15) is 0 Å². The number of rotatable bonds is 4. The van der Waals surface area contributed by atoms with E-state index in [0.29, 0.717) is 24.7 Å². The van der Waals surface area contributed by atoms with E-state index in [2.05, 4.69) is 0 Å². The van der Waals surface area contributed by atoms with Crippen molar-refractivity contribution in [3.8, 4) is 0 Å². The molecule has 0 radical (unpaired) electrons. The Balaban J connectivity index is 2.35. The highest BCUT2D eigenvalue weighted by molar-refractivity contribution is 7.99. The molecule has 1 aromatic carbocycles. The fraction of sp³-hybridized carbons (Fsp3) is 0.462. The number of hydrogen-bond donors (Lipinski definition) is 0. The van der Waals surface area contributed by atoms with E-state index < -0.39 is 0 Å². The van der Waals surface area contributed by atoms with Crippen LogP contribution >= 0.6 is 23.4 Å². The molecule has 0 fully saturated rings. The van der Waals surface area contributed by atoms with E-state index in [4.69, 9.17) is 21.4 Å². The molecular formula is C13H15ClO3S. The Morgan fingerprint density at radius 2 is 2.22 bits per heavy atom. The van der Waals surface area contributed by atoms with Gasteiger partial charge in [0, 0.05) is 22.6 Å². The highest BCUT2D eigenvalue weighted by atomic mass is 35.5. The van der Waals surface area contributed by atoms with Crippen LogP contribution < -0.4 is 0 Å². The van der Waals surface area contributed by atoms with Gasteiger partial charge in [-0.25, -0.2) is 9.78 Å². The Kier molecular flexibility index (Phi) is 4.67. The summed E-state index contributed by atoms with van der Waals surface area (Å²) in [5, 5.41) is 0.628. The second-order valence-corrected chi connectivity index (χ2v) is 5.55. The lowest BCUT2D eigenvalue weighted by molar-refractivity contribution is -0.300. The lowest BCUT2D eigenvalue weighted by Gasteiger charge is -2.20. The molecule has 0 amide bonds. The van der Waals surface area contributed by atoms with Crippen LogP contribution in [0.25, 0.3) is 0 Å². The van der Waals surface area contributed by atoms with Crippen molar-refractivity contribution in [2.75, 3.05) is 12.4 Å². The molecule has 3 nitrogen and oxygen atoms in total. The lowest BCUT2D eigenvalue weighted by Crippen LogP contribution is -2.13. The predicted molar refractivity (Wildman–Crippen MR) is 72.3 cm³/mol. The lowest BCUT2D eigenvalue weighted by atomic mass is 9.98. The van der Waals surface area contributed by atoms with Gasteiger partial charge >= 0.3 is 0 Å². The van der Waals surface area contributed by atoms with Gasteiger partial charge in [0.1, 0.15) is 6.61 Å². The van der Waals surface area contributed by atoms with Crippen LogP contribution in [0.4, 0.5) is 0 Å². The van der Waals surface area contributed by atoms with Crippen molar-refractivity contribution < 1.29 is 14.6 Å². The number of halogens is 1. The van der Waals surface area contributed by atoms with Crippen LogP contribution in [-0.4, -0.2) is 18.1 Å². The van der Waals surface area contributed by atoms with Crippen molar-refractivity contribution in [3.63, 3.8) is 0 Å². The van der Waals surface area contributed by atoms with Crippen LogP contribution in [0.3, 0.4) is 0 Å². The number of thioether (sulfide) groups is 1. The topological polar surface area (TPSA) is 35.5 Å². The summed E-state index contributed by atoms with van der Waals surface area (Å²) in [6.07, 6.45) is 0.574. The van der Waals surface area contributed by atoms with Gasteiger partial charge in [0.2, 0.25) is 0 Å². The summed E-state index contributed by atoms with van der Waals surface area (Å²) < 4.78 is 0. The molecule has 0 N–H and O–H groups in total. The number of hydrogen-bond acceptors (Lipinski definition) is 4. The van der Waals surface area contributed by atoms with Crippen molar-refractivity contribution in [2.45, 2.75) is 31.8 Å². The fourth-order valence-electron chi connectivity index (χ4n) is 1.96. The Morgan fingerprint density at radius 3 is 2.94 bits per heavy atom. The summed E-state index contributed by atoms with van der Waals surface area (Å²) in [6.45, 7) is 4.59. The third-order valence-corrected chi connectivity index (χ3v) is 4.40. The molecule has 0 aromatic heterocycles. The van der Waals surface area contributed by atoms with Gasteiger partial charge in [0.15, 0.2) is 5.78 Å². The van der Waals surface area contributed by atoms with Crippen LogP contribution in [0.5, 0.6) is 0 Å². The first-order chi connectivity index (χ1) is 8.65. The zero-order valence-corrected chi connectivity index (χ0v) is 12.0. The van der Waals surface area contributed by atoms with Crippen molar-refractivity contribution in [1.29, 1.82) is 0 Å². The first kappa shape index (κ1) is 13.9. The molecule has 1 aliphatic heterocycles. The minimum absolute atomic E-state index is 0.168. The highest BCUT2D eigenvalue weighted by Crippen LogP contribution is 2.39. The van der Waals surface area contributed by atoms with Gasteiger partial charge in [0.25, 0.3) is 0 Å². The second-order valence-electron chi connectivity index (χ2n) is 4.04. The fourth-order valence-corrected chi connectivity index (χ4v) is 3.45. The zero-order chi connectivity index (χ0) is 13.1. The molecule has 0 spiro atoms. The Morgan fingerprint density at radius 1 is 1.44 bits per heavy atom. The molecule has 0 saturated carbocycles. The SMILES string of the molecule is CCOOCc1cc(Cl)c2c(c1C)C(=O)CCS2. The number of fused-ring (bicyclic) bond motifs is 1. The van der Waals surface area contributed by atoms with Crippen LogP contribution in [0.15, 0.2) is 11.0 Å². The van der Waals surface area contributed by atoms with Crippen molar-refractivity contribution >= 4 is 29.1 Å². The zero-order valence-electron chi connectivity index (χ0n) is 10.4. The summed E-state index contributed by atoms with van der Waals surface area (Å²) in [4.78, 5) is 22.8. The van der Waals surface area contributed by atoms with Gasteiger partial charge in [-0.3, -0.25) is 4.79 Å². The third kappa shape index (κ3) is 2.72. The van der Waals surface area contributed by atoms with E-state index in [0.717, 1.165) is 27.3 Å². The minimum atomic E-state index is 0.168. The number of carbonyl (C=O) groups is 1. The van der Waals surface area contributed by atoms with Crippen LogP contribution in [0, 0.1) is 6.92 Å². The Bertz CT molecular complexity index is 474. The summed E-state index contributed by atoms with van der Waals surface area (Å²) in [5.41, 5.74) is 2.61. The smallest absolute Gasteiger partial charge is 0.165 e. The van der Waals surface area contributed by atoms with Crippen LogP contribution in [0.2, 0.25) is 5.02 Å². The largest absolute Gasteiger partial charge is 0.294 e. The van der Waals surface area contributed by atoms with Gasteiger partial charge in [-0.1, -0.05) is 11.6 Å². The predicted octanol–water partition coefficient (Wildman–Crippen LogP) is 3.80. The monoisotopic (exact) mass is 286 g/mol. The summed E-state index contributed by atoms with van der Waals surface area (Å²) in [6, 6.07) is 1.86. The first-order valence-electron chi connectivity index (χ1n) is 5.87. The average molecular weight is 287 g/mol. The molecule has 0 bridgehead atoms. The highest BCUT2D eigenvalue weighted by Gasteiger charge is 2.24. The van der Waals surface area contributed by atoms with Gasteiger partial charge in [0.05, 0.1) is 11.6 Å². The van der Waals surface area contributed by atoms with Crippen LogP contribution in [0.1, 0.15) is 34.8 Å². The van der Waals surface area contributed by atoms with Gasteiger partial charge in [-0.05, 0) is 31.0 Å². The maximum atomic E-state index is 12.0. The maximum absolute atomic E-state index is 12.0. The quantitative estimate of drug-likeness (QED) is 0.479. The molecule has 5 heteroatoms. The average Bonchev–Trinajstić information content (AvgIpc) is 2.35. The number of Topliss-reactive ketones (excluding diaryl/α,β-unsaturated/α-hetero) is 1. The Hall–Kier alpha value is -0.550. The number of ketones is 1.